The van der Waals surface area contributed by atoms with Crippen LogP contribution in [0, 0.1) is 5.82 Å². The van der Waals surface area contributed by atoms with E-state index in [1.54, 1.807) is 13.2 Å². The second-order valence-electron chi connectivity index (χ2n) is 7.51. The normalized spacial score (nSPS) is 13.6. The van der Waals surface area contributed by atoms with Crippen molar-refractivity contribution in [3.8, 4) is 11.1 Å². The van der Waals surface area contributed by atoms with E-state index in [1.165, 1.54) is 10.7 Å². The highest BCUT2D eigenvalue weighted by Gasteiger charge is 2.30. The first-order valence-corrected chi connectivity index (χ1v) is 10.1. The average Bonchev–Trinajstić information content (AvgIpc) is 3.51. The van der Waals surface area contributed by atoms with E-state index in [-0.39, 0.29) is 16.8 Å². The number of fused-ring (bicyclic) bond motifs is 1. The Labute approximate surface area is 177 Å². The summed E-state index contributed by atoms with van der Waals surface area (Å²) >= 11 is 6.39. The molecule has 1 fully saturated rings. The number of anilines is 1. The number of rotatable bonds is 4. The summed E-state index contributed by atoms with van der Waals surface area (Å²) in [4.78, 5) is 17.4. The molecule has 0 spiro atoms. The van der Waals surface area contributed by atoms with Crippen LogP contribution in [0.3, 0.4) is 0 Å². The van der Waals surface area contributed by atoms with E-state index in [0.29, 0.717) is 22.5 Å². The molecule has 150 valence electrons. The molecule has 2 heterocycles. The van der Waals surface area contributed by atoms with Gasteiger partial charge in [-0.25, -0.2) is 9.37 Å². The topological polar surface area (TPSA) is 59.8 Å². The third-order valence-electron chi connectivity index (χ3n) is 5.29. The number of aromatic nitrogens is 3. The monoisotopic (exact) mass is 420 g/mol. The van der Waals surface area contributed by atoms with Gasteiger partial charge in [-0.2, -0.15) is 5.10 Å². The van der Waals surface area contributed by atoms with Gasteiger partial charge in [-0.15, -0.1) is 0 Å². The fraction of sp³-hybridized carbons (Fsp3) is 0.174. The van der Waals surface area contributed by atoms with Crippen molar-refractivity contribution < 1.29 is 9.18 Å². The minimum Gasteiger partial charge on any atom is -0.320 e. The highest BCUT2D eigenvalue weighted by Crippen LogP contribution is 2.42. The molecule has 7 heteroatoms. The molecule has 0 bridgehead atoms. The number of hydrogen-bond donors (Lipinski definition) is 1. The van der Waals surface area contributed by atoms with E-state index >= 15 is 0 Å². The molecule has 1 saturated carbocycles. The Balaban J connectivity index is 1.54. The molecular formula is C23H18ClFN4O. The molecule has 0 saturated heterocycles. The number of carbonyl (C=O) groups excluding carboxylic acids is 1. The molecule has 30 heavy (non-hydrogen) atoms. The number of amides is 1. The van der Waals surface area contributed by atoms with Gasteiger partial charge < -0.3 is 5.32 Å². The van der Waals surface area contributed by atoms with Gasteiger partial charge in [0.05, 0.1) is 5.69 Å². The molecule has 0 unspecified atom stereocenters. The third-order valence-corrected chi connectivity index (χ3v) is 5.58. The van der Waals surface area contributed by atoms with E-state index in [4.69, 9.17) is 11.6 Å². The van der Waals surface area contributed by atoms with Crippen molar-refractivity contribution in [2.75, 3.05) is 5.32 Å². The van der Waals surface area contributed by atoms with Crippen molar-refractivity contribution in [2.45, 2.75) is 18.8 Å². The van der Waals surface area contributed by atoms with Crippen molar-refractivity contribution in [3.05, 3.63) is 77.1 Å². The van der Waals surface area contributed by atoms with Gasteiger partial charge >= 0.3 is 0 Å². The van der Waals surface area contributed by atoms with Crippen LogP contribution in [0.1, 0.15) is 34.9 Å². The molecule has 0 atom stereocenters. The Hall–Kier alpha value is -3.25. The Bertz CT molecular complexity index is 1290. The number of nitrogens with one attached hydrogen (secondary N) is 1. The van der Waals surface area contributed by atoms with Crippen LogP contribution in [-0.2, 0) is 7.05 Å². The molecule has 1 aliphatic rings. The predicted molar refractivity (Wildman–Crippen MR) is 115 cm³/mol. The number of nitrogens with zero attached hydrogens (tertiary/aromatic N) is 3. The van der Waals surface area contributed by atoms with E-state index in [1.807, 2.05) is 42.5 Å². The zero-order valence-corrected chi connectivity index (χ0v) is 16.9. The zero-order valence-electron chi connectivity index (χ0n) is 16.2. The highest BCUT2D eigenvalue weighted by atomic mass is 35.5. The molecule has 2 aromatic heterocycles. The number of aryl methyl sites for hydroxylation is 1. The first-order valence-electron chi connectivity index (χ1n) is 9.70. The molecule has 4 aromatic rings. The van der Waals surface area contributed by atoms with Gasteiger partial charge in [0.15, 0.2) is 5.69 Å². The first-order chi connectivity index (χ1) is 14.5. The van der Waals surface area contributed by atoms with E-state index in [2.05, 4.69) is 15.4 Å². The molecule has 2 aromatic carbocycles. The maximum Gasteiger partial charge on any atom is 0.276 e. The minimum atomic E-state index is -0.402. The van der Waals surface area contributed by atoms with E-state index in [9.17, 15) is 9.18 Å². The fourth-order valence-electron chi connectivity index (χ4n) is 3.68. The Morgan fingerprint density at radius 1 is 1.17 bits per heavy atom. The van der Waals surface area contributed by atoms with Gasteiger partial charge in [-0.3, -0.25) is 9.48 Å². The van der Waals surface area contributed by atoms with Crippen LogP contribution in [0.2, 0.25) is 5.15 Å². The summed E-state index contributed by atoms with van der Waals surface area (Å²) in [6.07, 6.45) is 3.49. The van der Waals surface area contributed by atoms with E-state index < -0.39 is 11.7 Å². The molecule has 1 amide bonds. The van der Waals surface area contributed by atoms with Crippen molar-refractivity contribution in [1.29, 1.82) is 0 Å². The second-order valence-corrected chi connectivity index (χ2v) is 7.87. The number of hydrogen-bond acceptors (Lipinski definition) is 3. The fourth-order valence-corrected chi connectivity index (χ4v) is 3.93. The smallest absolute Gasteiger partial charge is 0.276 e. The quantitative estimate of drug-likeness (QED) is 0.440. The van der Waals surface area contributed by atoms with Gasteiger partial charge in [0.2, 0.25) is 0 Å². The standard InChI is InChI=1S/C23H18ClFN4O/c1-29-12-17(16-11-18(25)20(14-9-10-14)27-22(16)24)21(28-29)23(30)26-19-8-4-6-13-5-2-3-7-15(13)19/h2-8,11-12,14H,9-10H2,1H3,(H,26,30). The van der Waals surface area contributed by atoms with Crippen LogP contribution in [0.25, 0.3) is 21.9 Å². The molecule has 5 nitrogen and oxygen atoms in total. The third kappa shape index (κ3) is 3.33. The molecule has 0 radical (unpaired) electrons. The van der Waals surface area contributed by atoms with Gasteiger partial charge in [-0.1, -0.05) is 48.0 Å². The maximum atomic E-state index is 14.6. The Morgan fingerprint density at radius 3 is 2.73 bits per heavy atom. The average molecular weight is 421 g/mol. The Kier molecular flexibility index (Phi) is 4.51. The van der Waals surface area contributed by atoms with Crippen LogP contribution in [0.5, 0.6) is 0 Å². The van der Waals surface area contributed by atoms with Crippen LogP contribution < -0.4 is 5.32 Å². The minimum absolute atomic E-state index is 0.138. The lowest BCUT2D eigenvalue weighted by Gasteiger charge is -2.10. The summed E-state index contributed by atoms with van der Waals surface area (Å²) in [6, 6.07) is 14.8. The van der Waals surface area contributed by atoms with Gasteiger partial charge in [0, 0.05) is 41.4 Å². The number of pyridine rings is 1. The van der Waals surface area contributed by atoms with Crippen LogP contribution in [0.15, 0.2) is 54.7 Å². The second kappa shape index (κ2) is 7.22. The highest BCUT2D eigenvalue weighted by molar-refractivity contribution is 6.32. The van der Waals surface area contributed by atoms with Crippen LogP contribution >= 0.6 is 11.6 Å². The zero-order chi connectivity index (χ0) is 20.8. The summed E-state index contributed by atoms with van der Waals surface area (Å²) in [5.74, 6) is -0.662. The summed E-state index contributed by atoms with van der Waals surface area (Å²) in [6.45, 7) is 0. The van der Waals surface area contributed by atoms with Crippen LogP contribution in [0.4, 0.5) is 10.1 Å². The molecule has 1 N–H and O–H groups in total. The summed E-state index contributed by atoms with van der Waals surface area (Å²) in [7, 11) is 1.70. The van der Waals surface area contributed by atoms with Crippen molar-refractivity contribution in [2.24, 2.45) is 7.05 Å². The van der Waals surface area contributed by atoms with Crippen molar-refractivity contribution in [3.63, 3.8) is 0 Å². The lowest BCUT2D eigenvalue weighted by molar-refractivity contribution is 0.102. The molecular weight excluding hydrogens is 403 g/mol. The van der Waals surface area contributed by atoms with Crippen LogP contribution in [-0.4, -0.2) is 20.7 Å². The van der Waals surface area contributed by atoms with Crippen molar-refractivity contribution >= 4 is 34.0 Å². The largest absolute Gasteiger partial charge is 0.320 e. The van der Waals surface area contributed by atoms with Gasteiger partial charge in [0.25, 0.3) is 5.91 Å². The molecule has 5 rings (SSSR count). The molecule has 1 aliphatic carbocycles. The number of carbonyl (C=O) groups is 1. The van der Waals surface area contributed by atoms with Gasteiger partial charge in [-0.05, 0) is 30.4 Å². The number of benzene rings is 2. The summed E-state index contributed by atoms with van der Waals surface area (Å²) < 4.78 is 16.1. The predicted octanol–water partition coefficient (Wildman–Crippen LogP) is 5.56. The van der Waals surface area contributed by atoms with Gasteiger partial charge in [0.1, 0.15) is 11.0 Å². The lowest BCUT2D eigenvalue weighted by Crippen LogP contribution is -2.14. The Morgan fingerprint density at radius 2 is 1.93 bits per heavy atom. The van der Waals surface area contributed by atoms with E-state index in [0.717, 1.165) is 23.6 Å². The SMILES string of the molecule is Cn1cc(-c2cc(F)c(C3CC3)nc2Cl)c(C(=O)Nc2cccc3ccccc23)n1. The maximum absolute atomic E-state index is 14.6. The molecule has 0 aliphatic heterocycles. The van der Waals surface area contributed by atoms with Crippen molar-refractivity contribution in [1.82, 2.24) is 14.8 Å². The summed E-state index contributed by atoms with van der Waals surface area (Å²) in [5, 5.41) is 9.33. The lowest BCUT2D eigenvalue weighted by atomic mass is 10.1. The number of halogens is 2. The first kappa shape index (κ1) is 18.8. The summed E-state index contributed by atoms with van der Waals surface area (Å²) in [5.41, 5.74) is 2.03.